The van der Waals surface area contributed by atoms with E-state index >= 15 is 0 Å². The van der Waals surface area contributed by atoms with E-state index in [0.29, 0.717) is 24.7 Å². The maximum absolute atomic E-state index is 13.1. The Morgan fingerprint density at radius 1 is 1.13 bits per heavy atom. The highest BCUT2D eigenvalue weighted by Crippen LogP contribution is 2.35. The fraction of sp³-hybridized carbons (Fsp3) is 0.625. The minimum atomic E-state index is -3.57. The molecule has 1 saturated heterocycles. The third kappa shape index (κ3) is 3.05. The lowest BCUT2D eigenvalue weighted by Crippen LogP contribution is -2.54. The molecule has 23 heavy (non-hydrogen) atoms. The van der Waals surface area contributed by atoms with Crippen molar-refractivity contribution in [2.24, 2.45) is 0 Å². The molecule has 0 amide bonds. The summed E-state index contributed by atoms with van der Waals surface area (Å²) in [5.41, 5.74) is 0. The molecule has 2 atom stereocenters. The number of methoxy groups -OCH3 is 2. The van der Waals surface area contributed by atoms with Gasteiger partial charge < -0.3 is 14.2 Å². The Morgan fingerprint density at radius 2 is 1.87 bits per heavy atom. The molecule has 1 aromatic carbocycles. The summed E-state index contributed by atoms with van der Waals surface area (Å²) in [6, 6.07) is 4.67. The van der Waals surface area contributed by atoms with Crippen LogP contribution >= 0.6 is 0 Å². The van der Waals surface area contributed by atoms with Gasteiger partial charge >= 0.3 is 0 Å². The van der Waals surface area contributed by atoms with Crippen molar-refractivity contribution in [3.05, 3.63) is 18.2 Å². The predicted molar refractivity (Wildman–Crippen MR) is 85.4 cm³/mol. The molecule has 0 spiro atoms. The topological polar surface area (TPSA) is 65.1 Å². The van der Waals surface area contributed by atoms with Crippen molar-refractivity contribution >= 4 is 10.0 Å². The van der Waals surface area contributed by atoms with Crippen molar-refractivity contribution in [3.63, 3.8) is 0 Å². The van der Waals surface area contributed by atoms with Gasteiger partial charge in [-0.2, -0.15) is 4.31 Å². The van der Waals surface area contributed by atoms with Gasteiger partial charge in [0.05, 0.1) is 37.9 Å². The molecule has 1 aromatic rings. The van der Waals surface area contributed by atoms with Crippen molar-refractivity contribution in [2.75, 3.05) is 27.4 Å². The maximum atomic E-state index is 13.1. The Morgan fingerprint density at radius 3 is 2.61 bits per heavy atom. The zero-order valence-corrected chi connectivity index (χ0v) is 14.3. The van der Waals surface area contributed by atoms with Crippen molar-refractivity contribution in [1.29, 1.82) is 0 Å². The van der Waals surface area contributed by atoms with Crippen LogP contribution in [0.5, 0.6) is 11.5 Å². The largest absolute Gasteiger partial charge is 0.493 e. The first-order chi connectivity index (χ1) is 11.1. The molecular weight excluding hydrogens is 318 g/mol. The second kappa shape index (κ2) is 6.67. The maximum Gasteiger partial charge on any atom is 0.243 e. The molecule has 6 nitrogen and oxygen atoms in total. The first-order valence-electron chi connectivity index (χ1n) is 7.93. The second-order valence-electron chi connectivity index (χ2n) is 5.89. The van der Waals surface area contributed by atoms with E-state index in [1.165, 1.54) is 20.3 Å². The number of ether oxygens (including phenoxy) is 3. The van der Waals surface area contributed by atoms with Crippen molar-refractivity contribution in [3.8, 4) is 11.5 Å². The van der Waals surface area contributed by atoms with Gasteiger partial charge in [-0.25, -0.2) is 8.42 Å². The zero-order valence-electron chi connectivity index (χ0n) is 13.5. The third-order valence-corrected chi connectivity index (χ3v) is 6.56. The van der Waals surface area contributed by atoms with Gasteiger partial charge in [-0.3, -0.25) is 0 Å². The highest BCUT2D eigenvalue weighted by atomic mass is 32.2. The van der Waals surface area contributed by atoms with Gasteiger partial charge in [0, 0.05) is 12.6 Å². The lowest BCUT2D eigenvalue weighted by Gasteiger charge is -2.42. The molecule has 1 aliphatic carbocycles. The zero-order chi connectivity index (χ0) is 16.4. The average molecular weight is 341 g/mol. The molecule has 128 valence electrons. The van der Waals surface area contributed by atoms with Crippen LogP contribution in [0.3, 0.4) is 0 Å². The first kappa shape index (κ1) is 16.5. The highest BCUT2D eigenvalue weighted by molar-refractivity contribution is 7.89. The predicted octanol–water partition coefficient (Wildman–Crippen LogP) is 2.04. The molecule has 2 aliphatic rings. The molecule has 0 unspecified atom stereocenters. The Labute approximate surface area is 137 Å². The Balaban J connectivity index is 1.94. The van der Waals surface area contributed by atoms with Crippen LogP contribution in [0.2, 0.25) is 0 Å². The quantitative estimate of drug-likeness (QED) is 0.838. The number of hydrogen-bond donors (Lipinski definition) is 0. The van der Waals surface area contributed by atoms with E-state index in [2.05, 4.69) is 0 Å². The lowest BCUT2D eigenvalue weighted by atomic mass is 9.91. The van der Waals surface area contributed by atoms with E-state index in [1.54, 1.807) is 16.4 Å². The fourth-order valence-corrected chi connectivity index (χ4v) is 5.15. The molecule has 0 bridgehead atoms. The smallest absolute Gasteiger partial charge is 0.243 e. The van der Waals surface area contributed by atoms with E-state index in [9.17, 15) is 8.42 Å². The number of hydrogen-bond acceptors (Lipinski definition) is 5. The van der Waals surface area contributed by atoms with Crippen LogP contribution in [0.1, 0.15) is 25.7 Å². The number of rotatable bonds is 4. The summed E-state index contributed by atoms with van der Waals surface area (Å²) < 4.78 is 44.0. The summed E-state index contributed by atoms with van der Waals surface area (Å²) in [7, 11) is -0.544. The normalized spacial score (nSPS) is 25.7. The molecular formula is C16H23NO5S. The van der Waals surface area contributed by atoms with Crippen molar-refractivity contribution in [2.45, 2.75) is 42.7 Å². The molecule has 7 heteroatoms. The number of sulfonamides is 1. The molecule has 0 radical (unpaired) electrons. The molecule has 1 aliphatic heterocycles. The minimum Gasteiger partial charge on any atom is -0.493 e. The first-order valence-corrected chi connectivity index (χ1v) is 9.37. The summed E-state index contributed by atoms with van der Waals surface area (Å²) in [6.07, 6.45) is 3.96. The number of morpholine rings is 1. The van der Waals surface area contributed by atoms with E-state index in [-0.39, 0.29) is 17.0 Å². The van der Waals surface area contributed by atoms with Crippen LogP contribution in [-0.4, -0.2) is 52.2 Å². The van der Waals surface area contributed by atoms with E-state index in [0.717, 1.165) is 25.7 Å². The molecule has 0 aromatic heterocycles. The van der Waals surface area contributed by atoms with Gasteiger partial charge in [0.25, 0.3) is 0 Å². The molecule has 1 heterocycles. The molecule has 1 saturated carbocycles. The summed E-state index contributed by atoms with van der Waals surface area (Å²) in [4.78, 5) is 0.237. The molecule has 3 rings (SSSR count). The Kier molecular flexibility index (Phi) is 4.79. The van der Waals surface area contributed by atoms with Gasteiger partial charge in [-0.1, -0.05) is 12.8 Å². The van der Waals surface area contributed by atoms with Crippen LogP contribution in [0, 0.1) is 0 Å². The van der Waals surface area contributed by atoms with Gasteiger partial charge in [0.1, 0.15) is 0 Å². The minimum absolute atomic E-state index is 0.0208. The van der Waals surface area contributed by atoms with Gasteiger partial charge in [-0.15, -0.1) is 0 Å². The summed E-state index contributed by atoms with van der Waals surface area (Å²) >= 11 is 0. The Hall–Kier alpha value is -1.31. The standard InChI is InChI=1S/C16H23NO5S/c1-20-15-8-7-12(11-16(15)21-2)23(18,19)17-9-10-22-14-6-4-3-5-13(14)17/h7-8,11,13-14H,3-6,9-10H2,1-2H3/t13-,14-/m0/s1. The highest BCUT2D eigenvalue weighted by Gasteiger charge is 2.41. The fourth-order valence-electron chi connectivity index (χ4n) is 3.47. The average Bonchev–Trinajstić information content (AvgIpc) is 2.60. The van der Waals surface area contributed by atoms with Crippen molar-refractivity contribution in [1.82, 2.24) is 4.31 Å². The van der Waals surface area contributed by atoms with E-state index in [1.807, 2.05) is 0 Å². The monoisotopic (exact) mass is 341 g/mol. The van der Waals surface area contributed by atoms with Crippen LogP contribution < -0.4 is 9.47 Å². The lowest BCUT2D eigenvalue weighted by molar-refractivity contribution is -0.0586. The summed E-state index contributed by atoms with van der Waals surface area (Å²) in [5, 5.41) is 0. The second-order valence-corrected chi connectivity index (χ2v) is 7.78. The summed E-state index contributed by atoms with van der Waals surface area (Å²) in [6.45, 7) is 0.853. The van der Waals surface area contributed by atoms with Gasteiger partial charge in [0.2, 0.25) is 10.0 Å². The Bertz CT molecular complexity index is 658. The van der Waals surface area contributed by atoms with Crippen LogP contribution in [0.25, 0.3) is 0 Å². The van der Waals surface area contributed by atoms with Crippen molar-refractivity contribution < 1.29 is 22.6 Å². The van der Waals surface area contributed by atoms with Gasteiger partial charge in [-0.05, 0) is 25.0 Å². The van der Waals surface area contributed by atoms with Crippen LogP contribution in [0.4, 0.5) is 0 Å². The number of nitrogens with zero attached hydrogens (tertiary/aromatic N) is 1. The molecule has 0 N–H and O–H groups in total. The van der Waals surface area contributed by atoms with Gasteiger partial charge in [0.15, 0.2) is 11.5 Å². The van der Waals surface area contributed by atoms with Crippen LogP contribution in [-0.2, 0) is 14.8 Å². The van der Waals surface area contributed by atoms with E-state index < -0.39 is 10.0 Å². The number of benzene rings is 1. The summed E-state index contributed by atoms with van der Waals surface area (Å²) in [5.74, 6) is 0.936. The number of fused-ring (bicyclic) bond motifs is 1. The third-order valence-electron chi connectivity index (χ3n) is 4.64. The molecule has 2 fully saturated rings. The SMILES string of the molecule is COc1ccc(S(=O)(=O)N2CCO[C@H]3CCCC[C@@H]32)cc1OC. The van der Waals surface area contributed by atoms with E-state index in [4.69, 9.17) is 14.2 Å². The van der Waals surface area contributed by atoms with Crippen LogP contribution in [0.15, 0.2) is 23.1 Å².